The summed E-state index contributed by atoms with van der Waals surface area (Å²) in [5.41, 5.74) is 5.45. The number of aryl methyl sites for hydroxylation is 1. The van der Waals surface area contributed by atoms with E-state index in [1.165, 1.54) is 5.56 Å². The molecule has 1 N–H and O–H groups in total. The maximum atomic E-state index is 6.46. The molecule has 3 heterocycles. The molecule has 6 heteroatoms. The molecule has 1 saturated heterocycles. The van der Waals surface area contributed by atoms with Gasteiger partial charge in [-0.1, -0.05) is 59.6 Å². The summed E-state index contributed by atoms with van der Waals surface area (Å²) in [6, 6.07) is 20.5. The van der Waals surface area contributed by atoms with E-state index in [1.54, 1.807) is 0 Å². The van der Waals surface area contributed by atoms with Gasteiger partial charge in [-0.2, -0.15) is 0 Å². The normalized spacial score (nSPS) is 14.5. The fourth-order valence-corrected chi connectivity index (χ4v) is 4.92. The van der Waals surface area contributed by atoms with Crippen LogP contribution in [0.5, 0.6) is 0 Å². The molecule has 0 spiro atoms. The summed E-state index contributed by atoms with van der Waals surface area (Å²) in [6.45, 7) is 2.88. The molecule has 5 rings (SSSR count). The number of pyridine rings is 1. The fourth-order valence-electron chi connectivity index (χ4n) is 4.62. The van der Waals surface area contributed by atoms with Crippen LogP contribution in [0.25, 0.3) is 22.5 Å². The molecule has 4 nitrogen and oxygen atoms in total. The quantitative estimate of drug-likeness (QED) is 0.339. The van der Waals surface area contributed by atoms with Gasteiger partial charge in [0.15, 0.2) is 0 Å². The summed E-state index contributed by atoms with van der Waals surface area (Å²) in [5.74, 6) is 1.57. The second-order valence-corrected chi connectivity index (χ2v) is 9.26. The van der Waals surface area contributed by atoms with Gasteiger partial charge in [0.05, 0.1) is 21.4 Å². The van der Waals surface area contributed by atoms with Crippen LogP contribution in [-0.2, 0) is 13.0 Å². The third-order valence-electron chi connectivity index (χ3n) is 6.32. The number of nitrogens with one attached hydrogen (secondary N) is 1. The monoisotopic (exact) mass is 476 g/mol. The Labute approximate surface area is 204 Å². The lowest BCUT2D eigenvalue weighted by atomic mass is 9.97. The van der Waals surface area contributed by atoms with Crippen LogP contribution in [0.15, 0.2) is 73.1 Å². The van der Waals surface area contributed by atoms with Crippen LogP contribution in [0.2, 0.25) is 10.0 Å². The molecular formula is C27H26Cl2N4. The summed E-state index contributed by atoms with van der Waals surface area (Å²) in [5, 5.41) is 4.59. The molecule has 0 unspecified atom stereocenters. The average molecular weight is 477 g/mol. The van der Waals surface area contributed by atoms with Crippen molar-refractivity contribution in [2.45, 2.75) is 31.7 Å². The molecule has 1 aliphatic heterocycles. The predicted molar refractivity (Wildman–Crippen MR) is 136 cm³/mol. The van der Waals surface area contributed by atoms with Crippen LogP contribution in [0.3, 0.4) is 0 Å². The molecule has 1 fully saturated rings. The number of nitrogens with zero attached hydrogens (tertiary/aromatic N) is 3. The van der Waals surface area contributed by atoms with Gasteiger partial charge in [0.1, 0.15) is 5.82 Å². The van der Waals surface area contributed by atoms with Gasteiger partial charge in [0.25, 0.3) is 0 Å². The highest BCUT2D eigenvalue weighted by Gasteiger charge is 2.26. The molecule has 0 bridgehead atoms. The van der Waals surface area contributed by atoms with E-state index in [0.29, 0.717) is 16.0 Å². The second kappa shape index (κ2) is 10.1. The number of aromatic nitrogens is 3. The van der Waals surface area contributed by atoms with Crippen molar-refractivity contribution in [1.29, 1.82) is 0 Å². The number of benzene rings is 2. The SMILES string of the molecule is Clc1ccc(-c2c(-c3ccncc3)nc(C3CCNCC3)n2CCc2ccccc2)cc1Cl. The third kappa shape index (κ3) is 4.84. The molecule has 0 amide bonds. The van der Waals surface area contributed by atoms with Gasteiger partial charge in [-0.3, -0.25) is 4.98 Å². The minimum Gasteiger partial charge on any atom is -0.327 e. The summed E-state index contributed by atoms with van der Waals surface area (Å²) >= 11 is 12.7. The summed E-state index contributed by atoms with van der Waals surface area (Å²) in [6.07, 6.45) is 6.74. The topological polar surface area (TPSA) is 42.7 Å². The Hall–Kier alpha value is -2.66. The van der Waals surface area contributed by atoms with Crippen molar-refractivity contribution in [2.24, 2.45) is 0 Å². The van der Waals surface area contributed by atoms with Gasteiger partial charge in [0, 0.05) is 36.0 Å². The first-order valence-corrected chi connectivity index (χ1v) is 12.2. The van der Waals surface area contributed by atoms with Crippen molar-refractivity contribution in [3.8, 4) is 22.5 Å². The Balaban J connectivity index is 1.68. The largest absolute Gasteiger partial charge is 0.327 e. The number of halogens is 2. The van der Waals surface area contributed by atoms with E-state index in [9.17, 15) is 0 Å². The summed E-state index contributed by atoms with van der Waals surface area (Å²) in [4.78, 5) is 9.49. The molecule has 33 heavy (non-hydrogen) atoms. The number of rotatable bonds is 6. The van der Waals surface area contributed by atoms with E-state index in [0.717, 1.165) is 67.2 Å². The van der Waals surface area contributed by atoms with Gasteiger partial charge in [-0.15, -0.1) is 0 Å². The van der Waals surface area contributed by atoms with Crippen LogP contribution < -0.4 is 5.32 Å². The van der Waals surface area contributed by atoms with Crippen molar-refractivity contribution >= 4 is 23.2 Å². The Morgan fingerprint density at radius 3 is 2.36 bits per heavy atom. The van der Waals surface area contributed by atoms with E-state index < -0.39 is 0 Å². The molecule has 168 valence electrons. The fraction of sp³-hybridized carbons (Fsp3) is 0.259. The lowest BCUT2D eigenvalue weighted by Crippen LogP contribution is -2.28. The molecule has 0 aliphatic carbocycles. The minimum atomic E-state index is 0.416. The van der Waals surface area contributed by atoms with Crippen molar-refractivity contribution in [3.05, 3.63) is 94.5 Å². The highest BCUT2D eigenvalue weighted by molar-refractivity contribution is 6.42. The standard InChI is InChI=1S/C27H26Cl2N4/c28-23-7-6-22(18-24(23)29)26-25(20-8-13-30-14-9-20)32-27(21-10-15-31-16-11-21)33(26)17-12-19-4-2-1-3-5-19/h1-9,13-14,18,21,31H,10-12,15-17H2. The zero-order chi connectivity index (χ0) is 22.6. The summed E-state index contributed by atoms with van der Waals surface area (Å²) in [7, 11) is 0. The zero-order valence-electron chi connectivity index (χ0n) is 18.3. The molecule has 0 saturated carbocycles. The smallest absolute Gasteiger partial charge is 0.113 e. The predicted octanol–water partition coefficient (Wildman–Crippen LogP) is 6.63. The van der Waals surface area contributed by atoms with Crippen LogP contribution in [-0.4, -0.2) is 27.6 Å². The third-order valence-corrected chi connectivity index (χ3v) is 7.05. The van der Waals surface area contributed by atoms with Crippen LogP contribution in [0, 0.1) is 0 Å². The van der Waals surface area contributed by atoms with E-state index >= 15 is 0 Å². The lowest BCUT2D eigenvalue weighted by molar-refractivity contribution is 0.431. The van der Waals surface area contributed by atoms with Crippen molar-refractivity contribution in [1.82, 2.24) is 19.9 Å². The zero-order valence-corrected chi connectivity index (χ0v) is 19.9. The average Bonchev–Trinajstić information content (AvgIpc) is 3.25. The first-order chi connectivity index (χ1) is 16.2. The number of imidazole rings is 1. The highest BCUT2D eigenvalue weighted by atomic mass is 35.5. The first-order valence-electron chi connectivity index (χ1n) is 11.4. The maximum absolute atomic E-state index is 6.46. The molecule has 0 atom stereocenters. The van der Waals surface area contributed by atoms with E-state index in [2.05, 4.69) is 45.2 Å². The Bertz CT molecular complexity index is 1220. The van der Waals surface area contributed by atoms with Crippen molar-refractivity contribution in [3.63, 3.8) is 0 Å². The van der Waals surface area contributed by atoms with Gasteiger partial charge < -0.3 is 9.88 Å². The van der Waals surface area contributed by atoms with Crippen LogP contribution in [0.4, 0.5) is 0 Å². The highest BCUT2D eigenvalue weighted by Crippen LogP contribution is 2.39. The maximum Gasteiger partial charge on any atom is 0.113 e. The van der Waals surface area contributed by atoms with E-state index in [4.69, 9.17) is 28.2 Å². The first kappa shape index (κ1) is 22.1. The van der Waals surface area contributed by atoms with E-state index in [1.807, 2.05) is 42.7 Å². The van der Waals surface area contributed by atoms with Crippen LogP contribution >= 0.6 is 23.2 Å². The van der Waals surface area contributed by atoms with Crippen LogP contribution in [0.1, 0.15) is 30.1 Å². The Kier molecular flexibility index (Phi) is 6.77. The van der Waals surface area contributed by atoms with Crippen molar-refractivity contribution < 1.29 is 0 Å². The molecule has 4 aromatic rings. The molecule has 2 aromatic heterocycles. The lowest BCUT2D eigenvalue weighted by Gasteiger charge is -2.24. The van der Waals surface area contributed by atoms with Gasteiger partial charge >= 0.3 is 0 Å². The molecule has 2 aromatic carbocycles. The number of piperidine rings is 1. The molecular weight excluding hydrogens is 451 g/mol. The second-order valence-electron chi connectivity index (χ2n) is 8.44. The van der Waals surface area contributed by atoms with Gasteiger partial charge in [0.2, 0.25) is 0 Å². The number of hydrogen-bond acceptors (Lipinski definition) is 3. The minimum absolute atomic E-state index is 0.416. The number of hydrogen-bond donors (Lipinski definition) is 1. The Morgan fingerprint density at radius 2 is 1.64 bits per heavy atom. The van der Waals surface area contributed by atoms with Gasteiger partial charge in [-0.25, -0.2) is 4.98 Å². The molecule has 0 radical (unpaired) electrons. The van der Waals surface area contributed by atoms with E-state index in [-0.39, 0.29) is 0 Å². The molecule has 1 aliphatic rings. The Morgan fingerprint density at radius 1 is 0.879 bits per heavy atom. The van der Waals surface area contributed by atoms with Gasteiger partial charge in [-0.05, 0) is 62.2 Å². The summed E-state index contributed by atoms with van der Waals surface area (Å²) < 4.78 is 2.41. The van der Waals surface area contributed by atoms with Crippen molar-refractivity contribution in [2.75, 3.05) is 13.1 Å².